The number of hydrogen-bond acceptors (Lipinski definition) is 4. The van der Waals surface area contributed by atoms with Crippen LogP contribution in [0.3, 0.4) is 0 Å². The Bertz CT molecular complexity index is 297. The van der Waals surface area contributed by atoms with Crippen molar-refractivity contribution in [3.8, 4) is 0 Å². The van der Waals surface area contributed by atoms with Crippen LogP contribution in [0.2, 0.25) is 0 Å². The van der Waals surface area contributed by atoms with Crippen molar-refractivity contribution < 1.29 is 0 Å². The fourth-order valence-electron chi connectivity index (χ4n) is 1.81. The summed E-state index contributed by atoms with van der Waals surface area (Å²) in [7, 11) is 0. The zero-order chi connectivity index (χ0) is 9.80. The van der Waals surface area contributed by atoms with Gasteiger partial charge < -0.3 is 5.73 Å². The molecule has 1 heterocycles. The summed E-state index contributed by atoms with van der Waals surface area (Å²) in [5.74, 6) is 2.63. The molecule has 0 amide bonds. The monoisotopic (exact) mass is 209 g/mol. The smallest absolute Gasteiger partial charge is 0.127 e. The van der Waals surface area contributed by atoms with Crippen LogP contribution < -0.4 is 5.73 Å². The van der Waals surface area contributed by atoms with Gasteiger partial charge in [-0.3, -0.25) is 0 Å². The second-order valence-corrected chi connectivity index (χ2v) is 4.78. The molecule has 1 fully saturated rings. The van der Waals surface area contributed by atoms with Crippen LogP contribution in [0.4, 0.5) is 5.82 Å². The van der Waals surface area contributed by atoms with Gasteiger partial charge in [0.1, 0.15) is 17.2 Å². The lowest BCUT2D eigenvalue weighted by Gasteiger charge is -2.07. The lowest BCUT2D eigenvalue weighted by atomic mass is 10.1. The number of aromatic nitrogens is 2. The van der Waals surface area contributed by atoms with E-state index in [4.69, 9.17) is 5.73 Å². The number of nitrogen functional groups attached to an aromatic ring is 1. The molecule has 1 aromatic rings. The molecule has 76 valence electrons. The van der Waals surface area contributed by atoms with Crippen molar-refractivity contribution in [3.05, 3.63) is 12.4 Å². The molecule has 0 radical (unpaired) electrons. The first-order valence-electron chi connectivity index (χ1n) is 5.05. The number of hydrogen-bond donors (Lipinski definition) is 1. The quantitative estimate of drug-likeness (QED) is 0.613. The molecule has 0 bridgehead atoms. The first kappa shape index (κ1) is 9.77. The SMILES string of the molecule is Nc1cc(SCC2CCCC2)ncn1. The predicted molar refractivity (Wildman–Crippen MR) is 59.1 cm³/mol. The minimum absolute atomic E-state index is 0.564. The number of rotatable bonds is 3. The summed E-state index contributed by atoms with van der Waals surface area (Å²) < 4.78 is 0. The van der Waals surface area contributed by atoms with Gasteiger partial charge in [0, 0.05) is 11.8 Å². The summed E-state index contributed by atoms with van der Waals surface area (Å²) in [6, 6.07) is 1.85. The Hall–Kier alpha value is -0.770. The molecular weight excluding hydrogens is 194 g/mol. The number of thioether (sulfide) groups is 1. The van der Waals surface area contributed by atoms with Crippen LogP contribution in [0.15, 0.2) is 17.4 Å². The Morgan fingerprint density at radius 1 is 1.36 bits per heavy atom. The molecule has 0 aliphatic heterocycles. The minimum atomic E-state index is 0.564. The average molecular weight is 209 g/mol. The molecular formula is C10H15N3S. The van der Waals surface area contributed by atoms with Crippen molar-refractivity contribution in [3.63, 3.8) is 0 Å². The highest BCUT2D eigenvalue weighted by Gasteiger charge is 2.15. The topological polar surface area (TPSA) is 51.8 Å². The van der Waals surface area contributed by atoms with Crippen molar-refractivity contribution in [2.75, 3.05) is 11.5 Å². The Morgan fingerprint density at radius 2 is 2.14 bits per heavy atom. The van der Waals surface area contributed by atoms with Crippen LogP contribution in [-0.4, -0.2) is 15.7 Å². The van der Waals surface area contributed by atoms with Crippen molar-refractivity contribution in [2.24, 2.45) is 5.92 Å². The minimum Gasteiger partial charge on any atom is -0.384 e. The average Bonchev–Trinajstić information content (AvgIpc) is 2.67. The van der Waals surface area contributed by atoms with Crippen LogP contribution in [0.1, 0.15) is 25.7 Å². The van der Waals surface area contributed by atoms with Gasteiger partial charge in [0.05, 0.1) is 0 Å². The van der Waals surface area contributed by atoms with E-state index in [1.165, 1.54) is 37.8 Å². The van der Waals surface area contributed by atoms with Crippen molar-refractivity contribution in [2.45, 2.75) is 30.7 Å². The Morgan fingerprint density at radius 3 is 2.86 bits per heavy atom. The van der Waals surface area contributed by atoms with Gasteiger partial charge in [-0.2, -0.15) is 0 Å². The molecule has 0 unspecified atom stereocenters. The Balaban J connectivity index is 1.85. The molecule has 3 nitrogen and oxygen atoms in total. The summed E-state index contributed by atoms with van der Waals surface area (Å²) in [4.78, 5) is 8.05. The molecule has 0 saturated heterocycles. The first-order chi connectivity index (χ1) is 6.84. The molecule has 14 heavy (non-hydrogen) atoms. The van der Waals surface area contributed by atoms with E-state index in [2.05, 4.69) is 9.97 Å². The molecule has 0 atom stereocenters. The van der Waals surface area contributed by atoms with E-state index in [1.54, 1.807) is 11.8 Å². The molecule has 1 aliphatic carbocycles. The van der Waals surface area contributed by atoms with E-state index in [0.29, 0.717) is 5.82 Å². The fourth-order valence-corrected chi connectivity index (χ4v) is 2.88. The van der Waals surface area contributed by atoms with Gasteiger partial charge in [0.15, 0.2) is 0 Å². The number of anilines is 1. The van der Waals surface area contributed by atoms with Crippen molar-refractivity contribution >= 4 is 17.6 Å². The molecule has 1 aromatic heterocycles. The van der Waals surface area contributed by atoms with Gasteiger partial charge in [-0.25, -0.2) is 9.97 Å². The molecule has 1 saturated carbocycles. The maximum absolute atomic E-state index is 5.58. The number of nitrogens with zero attached hydrogens (tertiary/aromatic N) is 2. The first-order valence-corrected chi connectivity index (χ1v) is 6.03. The van der Waals surface area contributed by atoms with E-state index >= 15 is 0 Å². The third kappa shape index (κ3) is 2.61. The lowest BCUT2D eigenvalue weighted by molar-refractivity contribution is 0.623. The van der Waals surface area contributed by atoms with E-state index in [-0.39, 0.29) is 0 Å². The molecule has 1 aliphatic rings. The summed E-state index contributed by atoms with van der Waals surface area (Å²) in [6.07, 6.45) is 7.10. The molecule has 2 rings (SSSR count). The van der Waals surface area contributed by atoms with E-state index < -0.39 is 0 Å². The highest BCUT2D eigenvalue weighted by Crippen LogP contribution is 2.30. The summed E-state index contributed by atoms with van der Waals surface area (Å²) >= 11 is 1.80. The molecule has 0 spiro atoms. The van der Waals surface area contributed by atoms with Crippen LogP contribution in [0.25, 0.3) is 0 Å². The maximum atomic E-state index is 5.58. The van der Waals surface area contributed by atoms with Gasteiger partial charge in [0.2, 0.25) is 0 Å². The Labute approximate surface area is 88.5 Å². The second kappa shape index (κ2) is 4.64. The molecule has 0 aromatic carbocycles. The zero-order valence-corrected chi connectivity index (χ0v) is 8.96. The van der Waals surface area contributed by atoms with Gasteiger partial charge >= 0.3 is 0 Å². The summed E-state index contributed by atoms with van der Waals surface area (Å²) in [6.45, 7) is 0. The normalized spacial score (nSPS) is 17.4. The molecule has 2 N–H and O–H groups in total. The van der Waals surface area contributed by atoms with E-state index in [0.717, 1.165) is 10.9 Å². The van der Waals surface area contributed by atoms with Gasteiger partial charge in [-0.15, -0.1) is 11.8 Å². The number of nitrogens with two attached hydrogens (primary N) is 1. The van der Waals surface area contributed by atoms with Crippen LogP contribution in [-0.2, 0) is 0 Å². The predicted octanol–water partition coefficient (Wildman–Crippen LogP) is 2.34. The van der Waals surface area contributed by atoms with E-state index in [9.17, 15) is 0 Å². The third-order valence-corrected chi connectivity index (χ3v) is 3.76. The summed E-state index contributed by atoms with van der Waals surface area (Å²) in [5.41, 5.74) is 5.58. The van der Waals surface area contributed by atoms with Gasteiger partial charge in [0.25, 0.3) is 0 Å². The zero-order valence-electron chi connectivity index (χ0n) is 8.15. The lowest BCUT2D eigenvalue weighted by Crippen LogP contribution is -1.98. The highest BCUT2D eigenvalue weighted by atomic mass is 32.2. The second-order valence-electron chi connectivity index (χ2n) is 3.74. The van der Waals surface area contributed by atoms with Crippen molar-refractivity contribution in [1.29, 1.82) is 0 Å². The largest absolute Gasteiger partial charge is 0.384 e. The molecule has 4 heteroatoms. The standard InChI is InChI=1S/C10H15N3S/c11-9-5-10(13-7-12-9)14-6-8-3-1-2-4-8/h5,7-8H,1-4,6H2,(H2,11,12,13). The van der Waals surface area contributed by atoms with Crippen molar-refractivity contribution in [1.82, 2.24) is 9.97 Å². The van der Waals surface area contributed by atoms with Gasteiger partial charge in [-0.1, -0.05) is 12.8 Å². The Kier molecular flexibility index (Phi) is 3.24. The maximum Gasteiger partial charge on any atom is 0.127 e. The fraction of sp³-hybridized carbons (Fsp3) is 0.600. The van der Waals surface area contributed by atoms with E-state index in [1.807, 2.05) is 6.07 Å². The highest BCUT2D eigenvalue weighted by molar-refractivity contribution is 7.99. The summed E-state index contributed by atoms with van der Waals surface area (Å²) in [5, 5.41) is 1.00. The van der Waals surface area contributed by atoms with Crippen LogP contribution >= 0.6 is 11.8 Å². The van der Waals surface area contributed by atoms with Crippen LogP contribution in [0.5, 0.6) is 0 Å². The van der Waals surface area contributed by atoms with Crippen LogP contribution in [0, 0.1) is 5.92 Å². The third-order valence-electron chi connectivity index (χ3n) is 2.60. The van der Waals surface area contributed by atoms with Gasteiger partial charge in [-0.05, 0) is 18.8 Å².